The number of phenolic OH excluding ortho intramolecular Hbond substituents is 1. The van der Waals surface area contributed by atoms with Crippen molar-refractivity contribution in [2.24, 2.45) is 0 Å². The Balaban J connectivity index is 2.33. The molecule has 0 atom stereocenters. The number of aliphatic hydroxyl groups excluding tert-OH is 2. The molecule has 0 aliphatic carbocycles. The predicted molar refractivity (Wildman–Crippen MR) is 92.5 cm³/mol. The minimum Gasteiger partial charge on any atom is -0.508 e. The van der Waals surface area contributed by atoms with E-state index in [1.165, 1.54) is 0 Å². The molecule has 0 radical (unpaired) electrons. The molecule has 0 aromatic heterocycles. The first-order valence-electron chi connectivity index (χ1n) is 7.54. The Morgan fingerprint density at radius 3 is 2.00 bits per heavy atom. The van der Waals surface area contributed by atoms with E-state index in [1.54, 1.807) is 12.1 Å². The summed E-state index contributed by atoms with van der Waals surface area (Å²) < 4.78 is 0. The molecule has 0 saturated carbocycles. The zero-order valence-electron chi connectivity index (χ0n) is 12.5. The van der Waals surface area contributed by atoms with Gasteiger partial charge in [0.25, 0.3) is 0 Å². The Kier molecular flexibility index (Phi) is 3.18. The summed E-state index contributed by atoms with van der Waals surface area (Å²) in [6.07, 6.45) is 0. The van der Waals surface area contributed by atoms with Gasteiger partial charge in [-0.05, 0) is 55.6 Å². The number of rotatable bonds is 2. The summed E-state index contributed by atoms with van der Waals surface area (Å²) in [5, 5.41) is 35.3. The average Bonchev–Trinajstić information content (AvgIpc) is 2.59. The van der Waals surface area contributed by atoms with Crippen LogP contribution in [-0.4, -0.2) is 15.3 Å². The van der Waals surface area contributed by atoms with Crippen LogP contribution >= 0.6 is 0 Å². The van der Waals surface area contributed by atoms with E-state index < -0.39 is 0 Å². The fraction of sp³-hybridized carbons (Fsp3) is 0.100. The maximum absolute atomic E-state index is 10.00. The smallest absolute Gasteiger partial charge is 0.116 e. The Bertz CT molecular complexity index is 1050. The summed E-state index contributed by atoms with van der Waals surface area (Å²) in [7, 11) is 0. The van der Waals surface area contributed by atoms with Crippen LogP contribution in [0.2, 0.25) is 0 Å². The Morgan fingerprint density at radius 1 is 0.652 bits per heavy atom. The van der Waals surface area contributed by atoms with Gasteiger partial charge in [-0.1, -0.05) is 42.5 Å². The summed E-state index contributed by atoms with van der Waals surface area (Å²) in [6, 6.07) is 16.9. The first-order valence-corrected chi connectivity index (χ1v) is 7.54. The van der Waals surface area contributed by atoms with E-state index >= 15 is 0 Å². The van der Waals surface area contributed by atoms with Crippen molar-refractivity contribution in [3.8, 4) is 5.75 Å². The van der Waals surface area contributed by atoms with E-state index in [0.717, 1.165) is 43.4 Å². The van der Waals surface area contributed by atoms with Gasteiger partial charge in [-0.15, -0.1) is 0 Å². The first-order chi connectivity index (χ1) is 11.2. The maximum atomic E-state index is 10.00. The van der Waals surface area contributed by atoms with Gasteiger partial charge in [-0.2, -0.15) is 0 Å². The summed E-state index contributed by atoms with van der Waals surface area (Å²) in [5.41, 5.74) is 1.71. The van der Waals surface area contributed by atoms with Crippen molar-refractivity contribution in [1.82, 2.24) is 0 Å². The number of fused-ring (bicyclic) bond motifs is 4. The third kappa shape index (κ3) is 1.98. The Labute approximate surface area is 133 Å². The lowest BCUT2D eigenvalue weighted by atomic mass is 9.89. The van der Waals surface area contributed by atoms with Crippen LogP contribution in [0.4, 0.5) is 0 Å². The van der Waals surface area contributed by atoms with Crippen molar-refractivity contribution in [1.29, 1.82) is 0 Å². The highest BCUT2D eigenvalue weighted by Crippen LogP contribution is 2.38. The lowest BCUT2D eigenvalue weighted by Gasteiger charge is -2.16. The van der Waals surface area contributed by atoms with Gasteiger partial charge in [0.05, 0.1) is 13.2 Å². The van der Waals surface area contributed by atoms with Gasteiger partial charge in [-0.25, -0.2) is 0 Å². The van der Waals surface area contributed by atoms with E-state index in [0.29, 0.717) is 0 Å². The molecule has 0 heterocycles. The van der Waals surface area contributed by atoms with Crippen molar-refractivity contribution in [3.05, 3.63) is 65.7 Å². The maximum Gasteiger partial charge on any atom is 0.116 e. The molecule has 4 rings (SSSR count). The summed E-state index contributed by atoms with van der Waals surface area (Å²) >= 11 is 0. The number of aromatic hydroxyl groups is 1. The fourth-order valence-electron chi connectivity index (χ4n) is 3.52. The third-order valence-electron chi connectivity index (χ3n) is 4.52. The molecule has 0 amide bonds. The van der Waals surface area contributed by atoms with Crippen molar-refractivity contribution in [2.45, 2.75) is 13.2 Å². The zero-order valence-corrected chi connectivity index (χ0v) is 12.5. The van der Waals surface area contributed by atoms with E-state index in [1.807, 2.05) is 42.5 Å². The summed E-state index contributed by atoms with van der Waals surface area (Å²) in [5.74, 6) is 0.213. The molecule has 0 spiro atoms. The van der Waals surface area contributed by atoms with Gasteiger partial charge >= 0.3 is 0 Å². The SMILES string of the molecule is OCc1c2ccccc2c(CO)c2c1ccc1cc(O)ccc12. The summed E-state index contributed by atoms with van der Waals surface area (Å²) in [6.45, 7) is -0.144. The third-order valence-corrected chi connectivity index (χ3v) is 4.52. The fourth-order valence-corrected chi connectivity index (χ4v) is 3.52. The highest BCUT2D eigenvalue weighted by Gasteiger charge is 2.15. The van der Waals surface area contributed by atoms with Crippen LogP contribution in [0.3, 0.4) is 0 Å². The van der Waals surface area contributed by atoms with Gasteiger partial charge < -0.3 is 15.3 Å². The van der Waals surface area contributed by atoms with E-state index in [2.05, 4.69) is 0 Å². The zero-order chi connectivity index (χ0) is 16.0. The molecule has 3 heteroatoms. The highest BCUT2D eigenvalue weighted by atomic mass is 16.3. The molecular formula is C20H16O3. The highest BCUT2D eigenvalue weighted by molar-refractivity contribution is 6.16. The molecule has 0 unspecified atom stereocenters. The Morgan fingerprint density at radius 2 is 1.30 bits per heavy atom. The minimum absolute atomic E-state index is 0.0632. The van der Waals surface area contributed by atoms with E-state index in [4.69, 9.17) is 0 Å². The molecule has 0 bridgehead atoms. The van der Waals surface area contributed by atoms with Crippen LogP contribution in [0.25, 0.3) is 32.3 Å². The molecule has 3 nitrogen and oxygen atoms in total. The molecular weight excluding hydrogens is 288 g/mol. The number of phenols is 1. The summed E-state index contributed by atoms with van der Waals surface area (Å²) in [4.78, 5) is 0. The quantitative estimate of drug-likeness (QED) is 0.389. The molecule has 4 aromatic carbocycles. The molecule has 23 heavy (non-hydrogen) atoms. The van der Waals surface area contributed by atoms with Gasteiger partial charge in [0.2, 0.25) is 0 Å². The molecule has 3 N–H and O–H groups in total. The topological polar surface area (TPSA) is 60.7 Å². The lowest BCUT2D eigenvalue weighted by molar-refractivity contribution is 0.282. The number of hydrogen-bond acceptors (Lipinski definition) is 3. The normalized spacial score (nSPS) is 11.6. The molecule has 0 saturated heterocycles. The van der Waals surface area contributed by atoms with Gasteiger partial charge in [0.15, 0.2) is 0 Å². The number of benzene rings is 4. The van der Waals surface area contributed by atoms with Gasteiger partial charge in [-0.3, -0.25) is 0 Å². The van der Waals surface area contributed by atoms with E-state index in [-0.39, 0.29) is 19.0 Å². The minimum atomic E-state index is -0.0806. The molecule has 4 aromatic rings. The van der Waals surface area contributed by atoms with Gasteiger partial charge in [0, 0.05) is 0 Å². The van der Waals surface area contributed by atoms with Crippen LogP contribution < -0.4 is 0 Å². The molecule has 0 aliphatic rings. The average molecular weight is 304 g/mol. The van der Waals surface area contributed by atoms with Crippen LogP contribution in [0, 0.1) is 0 Å². The van der Waals surface area contributed by atoms with Crippen molar-refractivity contribution < 1.29 is 15.3 Å². The van der Waals surface area contributed by atoms with Crippen molar-refractivity contribution in [3.63, 3.8) is 0 Å². The monoisotopic (exact) mass is 304 g/mol. The predicted octanol–water partition coefficient (Wildman–Crippen LogP) is 3.84. The molecule has 114 valence electrons. The van der Waals surface area contributed by atoms with Gasteiger partial charge in [0.1, 0.15) is 5.75 Å². The Hall–Kier alpha value is -2.62. The van der Waals surface area contributed by atoms with Crippen molar-refractivity contribution >= 4 is 32.3 Å². The van der Waals surface area contributed by atoms with E-state index in [9.17, 15) is 15.3 Å². The molecule has 0 fully saturated rings. The largest absolute Gasteiger partial charge is 0.508 e. The van der Waals surface area contributed by atoms with Crippen molar-refractivity contribution in [2.75, 3.05) is 0 Å². The number of aliphatic hydroxyl groups is 2. The number of hydrogen-bond donors (Lipinski definition) is 3. The first kappa shape index (κ1) is 14.0. The standard InChI is InChI=1S/C20H16O3/c21-10-18-15-3-1-2-4-16(15)19(11-22)20-14-8-6-13(23)9-12(14)5-7-17(18)20/h1-9,21-23H,10-11H2. The molecule has 0 aliphatic heterocycles. The van der Waals surface area contributed by atoms with Crippen LogP contribution in [0.15, 0.2) is 54.6 Å². The second kappa shape index (κ2) is 5.23. The van der Waals surface area contributed by atoms with Crippen LogP contribution in [-0.2, 0) is 13.2 Å². The van der Waals surface area contributed by atoms with Crippen LogP contribution in [0.5, 0.6) is 5.75 Å². The lowest BCUT2D eigenvalue weighted by Crippen LogP contribution is -1.96. The second-order valence-corrected chi connectivity index (χ2v) is 5.71. The van der Waals surface area contributed by atoms with Crippen LogP contribution in [0.1, 0.15) is 11.1 Å². The second-order valence-electron chi connectivity index (χ2n) is 5.71.